The van der Waals surface area contributed by atoms with Crippen molar-refractivity contribution >= 4 is 11.6 Å². The van der Waals surface area contributed by atoms with Gasteiger partial charge in [-0.05, 0) is 32.4 Å². The topological polar surface area (TPSA) is 95.5 Å². The Kier molecular flexibility index (Phi) is 3.36. The van der Waals surface area contributed by atoms with Gasteiger partial charge >= 0.3 is 5.69 Å². The Hall–Kier alpha value is -2.11. The van der Waals surface area contributed by atoms with E-state index in [2.05, 4.69) is 0 Å². The summed E-state index contributed by atoms with van der Waals surface area (Å²) >= 11 is 0. The molecule has 0 saturated heterocycles. The third-order valence-electron chi connectivity index (χ3n) is 2.27. The molecule has 0 radical (unpaired) electrons. The molecule has 17 heavy (non-hydrogen) atoms. The molecule has 0 fully saturated rings. The van der Waals surface area contributed by atoms with E-state index in [4.69, 9.17) is 10.5 Å². The van der Waals surface area contributed by atoms with Gasteiger partial charge in [0, 0.05) is 6.07 Å². The van der Waals surface area contributed by atoms with Gasteiger partial charge in [-0.15, -0.1) is 0 Å². The van der Waals surface area contributed by atoms with E-state index in [9.17, 15) is 14.9 Å². The summed E-state index contributed by atoms with van der Waals surface area (Å²) in [5.74, 6) is -0.656. The van der Waals surface area contributed by atoms with Crippen molar-refractivity contribution in [3.05, 3.63) is 33.9 Å². The van der Waals surface area contributed by atoms with Crippen molar-refractivity contribution in [2.45, 2.75) is 26.4 Å². The van der Waals surface area contributed by atoms with Gasteiger partial charge in [-0.2, -0.15) is 0 Å². The van der Waals surface area contributed by atoms with Crippen LogP contribution in [0.1, 0.15) is 19.4 Å². The van der Waals surface area contributed by atoms with Crippen molar-refractivity contribution in [3.8, 4) is 5.75 Å². The molecule has 1 aromatic rings. The van der Waals surface area contributed by atoms with E-state index in [1.54, 1.807) is 13.0 Å². The van der Waals surface area contributed by atoms with Gasteiger partial charge in [-0.25, -0.2) is 0 Å². The highest BCUT2D eigenvalue weighted by Crippen LogP contribution is 2.30. The number of nitrogens with two attached hydrogens (primary N) is 1. The Balaban J connectivity index is 3.15. The summed E-state index contributed by atoms with van der Waals surface area (Å²) < 4.78 is 5.29. The number of carbonyl (C=O) groups excluding carboxylic acids is 1. The lowest BCUT2D eigenvalue weighted by Gasteiger charge is -2.22. The number of benzene rings is 1. The van der Waals surface area contributed by atoms with Crippen LogP contribution in [0.4, 0.5) is 5.69 Å². The van der Waals surface area contributed by atoms with Gasteiger partial charge in [-0.3, -0.25) is 14.9 Å². The van der Waals surface area contributed by atoms with Crippen molar-refractivity contribution in [1.29, 1.82) is 0 Å². The molecule has 92 valence electrons. The number of hydrogen-bond acceptors (Lipinski definition) is 4. The standard InChI is InChI=1S/C11H14N2O4/c1-7-4-5-9(8(6-7)13(15)16)17-11(2,3)10(12)14/h4-6H,1-3H3,(H2,12,14). The van der Waals surface area contributed by atoms with E-state index < -0.39 is 16.4 Å². The van der Waals surface area contributed by atoms with Crippen LogP contribution in [0.2, 0.25) is 0 Å². The first kappa shape index (κ1) is 13.0. The van der Waals surface area contributed by atoms with Crippen molar-refractivity contribution in [3.63, 3.8) is 0 Å². The summed E-state index contributed by atoms with van der Waals surface area (Å²) in [5.41, 5.74) is 4.40. The molecule has 0 aromatic heterocycles. The Bertz CT molecular complexity index is 469. The van der Waals surface area contributed by atoms with Gasteiger partial charge in [0.05, 0.1) is 4.92 Å². The van der Waals surface area contributed by atoms with Gasteiger partial charge in [0.1, 0.15) is 0 Å². The molecule has 6 nitrogen and oxygen atoms in total. The van der Waals surface area contributed by atoms with E-state index >= 15 is 0 Å². The number of nitro benzene ring substituents is 1. The van der Waals surface area contributed by atoms with Crippen molar-refractivity contribution < 1.29 is 14.5 Å². The normalized spacial score (nSPS) is 11.0. The maximum absolute atomic E-state index is 11.1. The van der Waals surface area contributed by atoms with Crippen LogP contribution in [-0.4, -0.2) is 16.4 Å². The van der Waals surface area contributed by atoms with Gasteiger partial charge in [0.2, 0.25) is 0 Å². The van der Waals surface area contributed by atoms with Crippen molar-refractivity contribution in [1.82, 2.24) is 0 Å². The van der Waals surface area contributed by atoms with Gasteiger partial charge in [0.25, 0.3) is 5.91 Å². The zero-order valence-electron chi connectivity index (χ0n) is 9.89. The van der Waals surface area contributed by atoms with E-state index in [-0.39, 0.29) is 11.4 Å². The Morgan fingerprint density at radius 2 is 2.06 bits per heavy atom. The fourth-order valence-corrected chi connectivity index (χ4v) is 1.18. The minimum Gasteiger partial charge on any atom is -0.471 e. The van der Waals surface area contributed by atoms with Crippen LogP contribution in [-0.2, 0) is 4.79 Å². The molecule has 0 unspecified atom stereocenters. The van der Waals surface area contributed by atoms with E-state index in [0.717, 1.165) is 5.56 Å². The summed E-state index contributed by atoms with van der Waals surface area (Å²) in [7, 11) is 0. The van der Waals surface area contributed by atoms with Gasteiger partial charge in [0.15, 0.2) is 11.4 Å². The maximum Gasteiger partial charge on any atom is 0.311 e. The second-order valence-corrected chi connectivity index (χ2v) is 4.20. The lowest BCUT2D eigenvalue weighted by molar-refractivity contribution is -0.386. The highest BCUT2D eigenvalue weighted by Gasteiger charge is 2.30. The number of carbonyl (C=O) groups is 1. The summed E-state index contributed by atoms with van der Waals surface area (Å²) in [6.07, 6.45) is 0. The third kappa shape index (κ3) is 2.93. The highest BCUT2D eigenvalue weighted by molar-refractivity contribution is 5.83. The van der Waals surface area contributed by atoms with Crippen LogP contribution in [0, 0.1) is 17.0 Å². The van der Waals surface area contributed by atoms with Crippen LogP contribution in [0.15, 0.2) is 18.2 Å². The third-order valence-corrected chi connectivity index (χ3v) is 2.27. The van der Waals surface area contributed by atoms with E-state index in [0.29, 0.717) is 0 Å². The fourth-order valence-electron chi connectivity index (χ4n) is 1.18. The molecular weight excluding hydrogens is 224 g/mol. The predicted octanol–water partition coefficient (Wildman–Crippen LogP) is 1.55. The first-order valence-electron chi connectivity index (χ1n) is 4.98. The fraction of sp³-hybridized carbons (Fsp3) is 0.364. The largest absolute Gasteiger partial charge is 0.471 e. The van der Waals surface area contributed by atoms with Crippen LogP contribution in [0.25, 0.3) is 0 Å². The Labute approximate surface area is 98.5 Å². The minimum atomic E-state index is -1.29. The molecule has 0 aliphatic heterocycles. The average molecular weight is 238 g/mol. The second-order valence-electron chi connectivity index (χ2n) is 4.20. The molecule has 6 heteroatoms. The van der Waals surface area contributed by atoms with Gasteiger partial charge in [-0.1, -0.05) is 6.07 Å². The molecule has 0 aliphatic carbocycles. The molecule has 1 amide bonds. The predicted molar refractivity (Wildman–Crippen MR) is 61.7 cm³/mol. The number of nitrogens with zero attached hydrogens (tertiary/aromatic N) is 1. The molecule has 0 bridgehead atoms. The molecule has 0 saturated carbocycles. The summed E-state index contributed by atoms with van der Waals surface area (Å²) in [5, 5.41) is 10.8. The zero-order valence-corrected chi connectivity index (χ0v) is 9.89. The van der Waals surface area contributed by atoms with Crippen molar-refractivity contribution in [2.24, 2.45) is 5.73 Å². The number of nitro groups is 1. The molecule has 0 spiro atoms. The quantitative estimate of drug-likeness (QED) is 0.635. The number of ether oxygens (including phenoxy) is 1. The smallest absolute Gasteiger partial charge is 0.311 e. The SMILES string of the molecule is Cc1ccc(OC(C)(C)C(N)=O)c([N+](=O)[O-])c1. The number of amides is 1. The number of aryl methyl sites for hydroxylation is 1. The summed E-state index contributed by atoms with van der Waals surface area (Å²) in [6.45, 7) is 4.65. The first-order chi connectivity index (χ1) is 7.74. The lowest BCUT2D eigenvalue weighted by Crippen LogP contribution is -2.43. The van der Waals surface area contributed by atoms with E-state index in [1.165, 1.54) is 26.0 Å². The number of rotatable bonds is 4. The number of hydrogen-bond donors (Lipinski definition) is 1. The average Bonchev–Trinajstić information content (AvgIpc) is 2.19. The Morgan fingerprint density at radius 1 is 1.47 bits per heavy atom. The van der Waals surface area contributed by atoms with Crippen molar-refractivity contribution in [2.75, 3.05) is 0 Å². The molecule has 1 rings (SSSR count). The maximum atomic E-state index is 11.1. The molecule has 0 aliphatic rings. The van der Waals surface area contributed by atoms with Crippen LogP contribution < -0.4 is 10.5 Å². The monoisotopic (exact) mass is 238 g/mol. The van der Waals surface area contributed by atoms with Crippen LogP contribution in [0.3, 0.4) is 0 Å². The zero-order chi connectivity index (χ0) is 13.2. The number of primary amides is 1. The summed E-state index contributed by atoms with van der Waals surface area (Å²) in [4.78, 5) is 21.4. The second kappa shape index (κ2) is 4.40. The highest BCUT2D eigenvalue weighted by atomic mass is 16.6. The molecular formula is C11H14N2O4. The molecule has 1 aromatic carbocycles. The van der Waals surface area contributed by atoms with E-state index in [1.807, 2.05) is 0 Å². The van der Waals surface area contributed by atoms with Crippen LogP contribution >= 0.6 is 0 Å². The lowest BCUT2D eigenvalue weighted by atomic mass is 10.1. The molecule has 2 N–H and O–H groups in total. The van der Waals surface area contributed by atoms with Crippen LogP contribution in [0.5, 0.6) is 5.75 Å². The first-order valence-corrected chi connectivity index (χ1v) is 4.98. The molecule has 0 atom stereocenters. The van der Waals surface area contributed by atoms with Gasteiger partial charge < -0.3 is 10.5 Å². The molecule has 0 heterocycles. The summed E-state index contributed by atoms with van der Waals surface area (Å²) in [6, 6.07) is 4.50. The minimum absolute atomic E-state index is 0.0319. The Morgan fingerprint density at radius 3 is 2.53 bits per heavy atom.